The molecule has 9 heteroatoms. The van der Waals surface area contributed by atoms with E-state index in [9.17, 15) is 4.79 Å². The summed E-state index contributed by atoms with van der Waals surface area (Å²) in [6.07, 6.45) is 6.88. The molecule has 1 unspecified atom stereocenters. The van der Waals surface area contributed by atoms with E-state index in [2.05, 4.69) is 28.7 Å². The van der Waals surface area contributed by atoms with Crippen LogP contribution in [0.3, 0.4) is 0 Å². The van der Waals surface area contributed by atoms with Gasteiger partial charge in [-0.25, -0.2) is 14.6 Å². The van der Waals surface area contributed by atoms with E-state index >= 15 is 0 Å². The number of carbonyl (C=O) groups excluding carboxylic acids is 1. The van der Waals surface area contributed by atoms with Gasteiger partial charge in [-0.2, -0.15) is 5.10 Å². The van der Waals surface area contributed by atoms with Gasteiger partial charge in [0, 0.05) is 37.3 Å². The number of rotatable bonds is 8. The summed E-state index contributed by atoms with van der Waals surface area (Å²) in [4.78, 5) is 25.8. The second kappa shape index (κ2) is 11.7. The van der Waals surface area contributed by atoms with E-state index in [1.54, 1.807) is 6.08 Å². The first-order chi connectivity index (χ1) is 18.9. The number of anilines is 1. The Bertz CT molecular complexity index is 1450. The van der Waals surface area contributed by atoms with Gasteiger partial charge in [0.15, 0.2) is 5.65 Å². The summed E-state index contributed by atoms with van der Waals surface area (Å²) in [5.74, 6) is 1.91. The molecule has 0 spiro atoms. The van der Waals surface area contributed by atoms with Crippen molar-refractivity contribution in [3.05, 3.63) is 73.1 Å². The van der Waals surface area contributed by atoms with Crippen molar-refractivity contribution in [3.8, 4) is 22.8 Å². The number of hydrogen-bond acceptors (Lipinski definition) is 7. The van der Waals surface area contributed by atoms with Gasteiger partial charge in [0.25, 0.3) is 0 Å². The van der Waals surface area contributed by atoms with Crippen LogP contribution in [0.4, 0.5) is 5.82 Å². The molecule has 1 amide bonds. The Morgan fingerprint density at radius 3 is 2.62 bits per heavy atom. The van der Waals surface area contributed by atoms with Crippen molar-refractivity contribution < 1.29 is 9.53 Å². The Morgan fingerprint density at radius 1 is 1.13 bits per heavy atom. The van der Waals surface area contributed by atoms with Gasteiger partial charge in [-0.1, -0.05) is 24.3 Å². The Balaban J connectivity index is 1.38. The summed E-state index contributed by atoms with van der Waals surface area (Å²) in [6.45, 7) is 6.30. The number of benzene rings is 2. The van der Waals surface area contributed by atoms with Gasteiger partial charge in [0.2, 0.25) is 5.91 Å². The van der Waals surface area contributed by atoms with Crippen molar-refractivity contribution in [1.29, 1.82) is 0 Å². The van der Waals surface area contributed by atoms with Crippen LogP contribution in [-0.2, 0) is 4.79 Å². The van der Waals surface area contributed by atoms with Crippen LogP contribution in [0.1, 0.15) is 32.7 Å². The molecule has 39 heavy (non-hydrogen) atoms. The Hall–Kier alpha value is -4.24. The number of likely N-dealkylation sites (tertiary alicyclic amines) is 1. The van der Waals surface area contributed by atoms with E-state index in [1.165, 1.54) is 6.33 Å². The number of ether oxygens (including phenoxy) is 1. The number of nitrogen functional groups attached to an aromatic ring is 1. The van der Waals surface area contributed by atoms with Gasteiger partial charge in [0.05, 0.1) is 11.4 Å². The fraction of sp³-hybridized carbons (Fsp3) is 0.333. The maximum atomic E-state index is 13.0. The molecule has 5 rings (SSSR count). The van der Waals surface area contributed by atoms with Crippen LogP contribution in [-0.4, -0.2) is 68.2 Å². The Kier molecular flexibility index (Phi) is 7.88. The SMILES string of the molecule is CC(C)N(C)CC=CC(=O)N1CCCC(n2nc(-c3ccc(Oc4ccccc4)cc3)c3c(N)ncnc32)C1. The average molecular weight is 526 g/mol. The van der Waals surface area contributed by atoms with E-state index in [-0.39, 0.29) is 11.9 Å². The van der Waals surface area contributed by atoms with Gasteiger partial charge in [-0.15, -0.1) is 0 Å². The molecular weight excluding hydrogens is 490 g/mol. The number of carbonyl (C=O) groups is 1. The zero-order valence-corrected chi connectivity index (χ0v) is 22.7. The lowest BCUT2D eigenvalue weighted by atomic mass is 10.1. The zero-order chi connectivity index (χ0) is 27.4. The topological polar surface area (TPSA) is 102 Å². The van der Waals surface area contributed by atoms with Crippen molar-refractivity contribution >= 4 is 22.8 Å². The smallest absolute Gasteiger partial charge is 0.246 e. The lowest BCUT2D eigenvalue weighted by Crippen LogP contribution is -2.40. The first-order valence-electron chi connectivity index (χ1n) is 13.4. The lowest BCUT2D eigenvalue weighted by molar-refractivity contribution is -0.127. The molecule has 4 aromatic rings. The molecule has 0 saturated carbocycles. The Labute approximate surface area is 228 Å². The highest BCUT2D eigenvalue weighted by atomic mass is 16.5. The fourth-order valence-electron chi connectivity index (χ4n) is 4.75. The molecule has 1 aliphatic rings. The molecule has 3 heterocycles. The number of piperidine rings is 1. The number of nitrogens with zero attached hydrogens (tertiary/aromatic N) is 6. The Morgan fingerprint density at radius 2 is 1.87 bits per heavy atom. The van der Waals surface area contributed by atoms with Crippen molar-refractivity contribution in [1.82, 2.24) is 29.5 Å². The van der Waals surface area contributed by atoms with Gasteiger partial charge >= 0.3 is 0 Å². The molecule has 0 radical (unpaired) electrons. The van der Waals surface area contributed by atoms with Crippen LogP contribution in [0.2, 0.25) is 0 Å². The van der Waals surface area contributed by atoms with Crippen LogP contribution in [0.15, 0.2) is 73.1 Å². The molecule has 9 nitrogen and oxygen atoms in total. The molecule has 2 aromatic carbocycles. The third kappa shape index (κ3) is 5.93. The normalized spacial score (nSPS) is 16.0. The van der Waals surface area contributed by atoms with Crippen molar-refractivity contribution in [2.24, 2.45) is 0 Å². The quantitative estimate of drug-likeness (QED) is 0.326. The predicted molar refractivity (Wildman–Crippen MR) is 153 cm³/mol. The monoisotopic (exact) mass is 525 g/mol. The molecule has 1 atom stereocenters. The summed E-state index contributed by atoms with van der Waals surface area (Å²) in [5.41, 5.74) is 8.62. The van der Waals surface area contributed by atoms with Crippen molar-refractivity contribution in [2.45, 2.75) is 38.8 Å². The highest BCUT2D eigenvalue weighted by Gasteiger charge is 2.28. The van der Waals surface area contributed by atoms with E-state index in [1.807, 2.05) is 77.3 Å². The number of nitrogens with two attached hydrogens (primary N) is 1. The van der Waals surface area contributed by atoms with Crippen LogP contribution in [0.25, 0.3) is 22.3 Å². The number of hydrogen-bond donors (Lipinski definition) is 1. The molecule has 202 valence electrons. The molecular formula is C30H35N7O2. The van der Waals surface area contributed by atoms with Crippen LogP contribution >= 0.6 is 0 Å². The molecule has 1 fully saturated rings. The number of para-hydroxylation sites is 1. The molecule has 0 bridgehead atoms. The first-order valence-corrected chi connectivity index (χ1v) is 13.4. The summed E-state index contributed by atoms with van der Waals surface area (Å²) >= 11 is 0. The van der Waals surface area contributed by atoms with Crippen LogP contribution < -0.4 is 10.5 Å². The third-order valence-corrected chi connectivity index (χ3v) is 7.21. The number of likely N-dealkylation sites (N-methyl/N-ethyl adjacent to an activating group) is 1. The van der Waals surface area contributed by atoms with Gasteiger partial charge in [-0.3, -0.25) is 4.79 Å². The number of aromatic nitrogens is 4. The van der Waals surface area contributed by atoms with E-state index in [0.29, 0.717) is 29.4 Å². The molecule has 2 N–H and O–H groups in total. The van der Waals surface area contributed by atoms with Gasteiger partial charge in [-0.05, 0) is 70.1 Å². The van der Waals surface area contributed by atoms with Crippen LogP contribution in [0, 0.1) is 0 Å². The molecule has 2 aromatic heterocycles. The average Bonchev–Trinajstić information content (AvgIpc) is 3.35. The molecule has 1 saturated heterocycles. The minimum absolute atomic E-state index is 0.0133. The maximum Gasteiger partial charge on any atom is 0.246 e. The highest BCUT2D eigenvalue weighted by Crippen LogP contribution is 2.34. The number of amides is 1. The summed E-state index contributed by atoms with van der Waals surface area (Å²) in [6, 6.07) is 17.8. The largest absolute Gasteiger partial charge is 0.457 e. The van der Waals surface area contributed by atoms with Crippen molar-refractivity contribution in [3.63, 3.8) is 0 Å². The second-order valence-electron chi connectivity index (χ2n) is 10.2. The minimum Gasteiger partial charge on any atom is -0.457 e. The van der Waals surface area contributed by atoms with Gasteiger partial charge < -0.3 is 20.3 Å². The highest BCUT2D eigenvalue weighted by molar-refractivity contribution is 5.98. The van der Waals surface area contributed by atoms with Crippen LogP contribution in [0.5, 0.6) is 11.5 Å². The van der Waals surface area contributed by atoms with E-state index < -0.39 is 0 Å². The zero-order valence-electron chi connectivity index (χ0n) is 22.7. The van der Waals surface area contributed by atoms with Crippen molar-refractivity contribution in [2.75, 3.05) is 32.4 Å². The standard InChI is InChI=1S/C30H35N7O2/c1-21(2)35(3)17-8-12-26(38)36-18-7-9-23(19-36)37-30-27(29(31)32-20-33-30)28(34-37)22-13-15-25(16-14-22)39-24-10-5-4-6-11-24/h4-6,8,10-16,20-21,23H,7,9,17-19H2,1-3H3,(H2,31,32,33). The third-order valence-electron chi connectivity index (χ3n) is 7.21. The summed E-state index contributed by atoms with van der Waals surface area (Å²) in [7, 11) is 2.05. The fourth-order valence-corrected chi connectivity index (χ4v) is 4.75. The first kappa shape index (κ1) is 26.4. The van der Waals surface area contributed by atoms with Gasteiger partial charge in [0.1, 0.15) is 29.3 Å². The van der Waals surface area contributed by atoms with E-state index in [4.69, 9.17) is 15.6 Å². The second-order valence-corrected chi connectivity index (χ2v) is 10.2. The molecule has 1 aliphatic heterocycles. The minimum atomic E-state index is -0.0133. The summed E-state index contributed by atoms with van der Waals surface area (Å²) in [5, 5.41) is 5.70. The van der Waals surface area contributed by atoms with E-state index in [0.717, 1.165) is 48.7 Å². The number of fused-ring (bicyclic) bond motifs is 1. The predicted octanol–water partition coefficient (Wildman–Crippen LogP) is 4.93. The molecule has 0 aliphatic carbocycles. The lowest BCUT2D eigenvalue weighted by Gasteiger charge is -2.32. The maximum absolute atomic E-state index is 13.0. The summed E-state index contributed by atoms with van der Waals surface area (Å²) < 4.78 is 7.87.